The minimum atomic E-state index is -0.615. The number of β-amino-alcohol motifs (C(OH)–C–C–N with tert-alkyl or cyclic N) is 1. The van der Waals surface area contributed by atoms with E-state index in [0.29, 0.717) is 13.1 Å². The van der Waals surface area contributed by atoms with Crippen molar-refractivity contribution in [3.05, 3.63) is 0 Å². The van der Waals surface area contributed by atoms with Crippen LogP contribution in [0.1, 0.15) is 46.0 Å². The number of hydrogen-bond acceptors (Lipinski definition) is 3. The summed E-state index contributed by atoms with van der Waals surface area (Å²) in [6.45, 7) is 7.07. The molecule has 0 bridgehead atoms. The van der Waals surface area contributed by atoms with Crippen molar-refractivity contribution in [3.8, 4) is 0 Å². The van der Waals surface area contributed by atoms with Gasteiger partial charge in [0.25, 0.3) is 0 Å². The third-order valence-electron chi connectivity index (χ3n) is 4.66. The van der Waals surface area contributed by atoms with E-state index in [1.807, 2.05) is 11.8 Å². The van der Waals surface area contributed by atoms with E-state index in [2.05, 4.69) is 12.2 Å². The fraction of sp³-hybridized carbons (Fsp3) is 0.929. The lowest BCUT2D eigenvalue weighted by molar-refractivity contribution is -0.168. The summed E-state index contributed by atoms with van der Waals surface area (Å²) in [5, 5.41) is 13.4. The molecule has 4 nitrogen and oxygen atoms in total. The van der Waals surface area contributed by atoms with E-state index in [1.54, 1.807) is 0 Å². The molecule has 0 radical (unpaired) electrons. The molecule has 0 aromatic heterocycles. The summed E-state index contributed by atoms with van der Waals surface area (Å²) in [7, 11) is 0. The Morgan fingerprint density at radius 1 is 1.28 bits per heavy atom. The highest BCUT2D eigenvalue weighted by Crippen LogP contribution is 2.39. The van der Waals surface area contributed by atoms with Crippen molar-refractivity contribution in [2.45, 2.75) is 51.6 Å². The van der Waals surface area contributed by atoms with Crippen molar-refractivity contribution in [1.82, 2.24) is 10.2 Å². The third-order valence-corrected chi connectivity index (χ3v) is 4.66. The van der Waals surface area contributed by atoms with E-state index < -0.39 is 5.60 Å². The van der Waals surface area contributed by atoms with Gasteiger partial charge in [0, 0.05) is 0 Å². The second-order valence-electron chi connectivity index (χ2n) is 6.02. The molecule has 2 saturated heterocycles. The number of aliphatic hydroxyl groups is 1. The molecular weight excluding hydrogens is 228 g/mol. The van der Waals surface area contributed by atoms with Gasteiger partial charge < -0.3 is 15.3 Å². The number of nitrogens with one attached hydrogen (secondary N) is 1. The van der Waals surface area contributed by atoms with E-state index in [-0.39, 0.29) is 11.3 Å². The molecule has 2 N–H and O–H groups in total. The standard InChI is InChI=1S/C14H26N2O2/c1-3-5-13(6-8-15-9-7-13)12(17)16-10-14(18,4-2)11-16/h15,18H,3-11H2,1-2H3. The molecule has 2 heterocycles. The molecule has 0 unspecified atom stereocenters. The molecule has 0 spiro atoms. The van der Waals surface area contributed by atoms with Crippen LogP contribution in [0.4, 0.5) is 0 Å². The molecule has 1 amide bonds. The van der Waals surface area contributed by atoms with E-state index in [1.165, 1.54) is 0 Å². The van der Waals surface area contributed by atoms with Crippen molar-refractivity contribution in [3.63, 3.8) is 0 Å². The van der Waals surface area contributed by atoms with Crippen molar-refractivity contribution in [2.75, 3.05) is 26.2 Å². The molecule has 4 heteroatoms. The largest absolute Gasteiger partial charge is 0.386 e. The van der Waals surface area contributed by atoms with Gasteiger partial charge in [-0.25, -0.2) is 0 Å². The number of hydrogen-bond donors (Lipinski definition) is 2. The summed E-state index contributed by atoms with van der Waals surface area (Å²) in [6, 6.07) is 0. The first kappa shape index (κ1) is 13.8. The molecule has 0 aromatic rings. The highest BCUT2D eigenvalue weighted by atomic mass is 16.3. The average Bonchev–Trinajstić information content (AvgIpc) is 2.35. The van der Waals surface area contributed by atoms with E-state index in [9.17, 15) is 9.90 Å². The lowest BCUT2D eigenvalue weighted by Crippen LogP contribution is -2.66. The van der Waals surface area contributed by atoms with Gasteiger partial charge in [0.05, 0.1) is 24.1 Å². The van der Waals surface area contributed by atoms with Crippen LogP contribution in [0.25, 0.3) is 0 Å². The van der Waals surface area contributed by atoms with Crippen LogP contribution in [-0.2, 0) is 4.79 Å². The van der Waals surface area contributed by atoms with Gasteiger partial charge in [-0.05, 0) is 38.8 Å². The number of amides is 1. The Morgan fingerprint density at radius 3 is 2.39 bits per heavy atom. The Hall–Kier alpha value is -0.610. The zero-order valence-electron chi connectivity index (χ0n) is 11.7. The second-order valence-corrected chi connectivity index (χ2v) is 6.02. The fourth-order valence-electron chi connectivity index (χ4n) is 3.32. The Labute approximate surface area is 110 Å². The summed E-state index contributed by atoms with van der Waals surface area (Å²) in [5.41, 5.74) is -0.773. The number of likely N-dealkylation sites (tertiary alicyclic amines) is 1. The molecule has 2 aliphatic rings. The molecule has 0 aliphatic carbocycles. The first-order valence-electron chi connectivity index (χ1n) is 7.28. The summed E-state index contributed by atoms with van der Waals surface area (Å²) in [4.78, 5) is 14.5. The predicted octanol–water partition coefficient (Wildman–Crippen LogP) is 1.14. The van der Waals surface area contributed by atoms with Crippen LogP contribution in [0, 0.1) is 5.41 Å². The second kappa shape index (κ2) is 5.17. The first-order valence-corrected chi connectivity index (χ1v) is 7.28. The molecule has 104 valence electrons. The Bertz CT molecular complexity index is 299. The fourth-order valence-corrected chi connectivity index (χ4v) is 3.32. The van der Waals surface area contributed by atoms with Gasteiger partial charge in [-0.2, -0.15) is 0 Å². The minimum Gasteiger partial charge on any atom is -0.386 e. The zero-order valence-corrected chi connectivity index (χ0v) is 11.7. The Balaban J connectivity index is 2.01. The third kappa shape index (κ3) is 2.41. The molecule has 18 heavy (non-hydrogen) atoms. The van der Waals surface area contributed by atoms with Crippen LogP contribution in [0.5, 0.6) is 0 Å². The maximum absolute atomic E-state index is 12.7. The van der Waals surface area contributed by atoms with Gasteiger partial charge in [-0.15, -0.1) is 0 Å². The highest BCUT2D eigenvalue weighted by Gasteiger charge is 2.49. The van der Waals surface area contributed by atoms with Crippen molar-refractivity contribution in [2.24, 2.45) is 5.41 Å². The summed E-state index contributed by atoms with van der Waals surface area (Å²) in [5.74, 6) is 0.281. The van der Waals surface area contributed by atoms with Gasteiger partial charge in [0.1, 0.15) is 0 Å². The van der Waals surface area contributed by atoms with Crippen LogP contribution in [0.2, 0.25) is 0 Å². The van der Waals surface area contributed by atoms with Crippen LogP contribution in [0.15, 0.2) is 0 Å². The lowest BCUT2D eigenvalue weighted by atomic mass is 9.73. The molecule has 2 rings (SSSR count). The molecule has 2 aliphatic heterocycles. The zero-order chi connectivity index (χ0) is 13.2. The van der Waals surface area contributed by atoms with Gasteiger partial charge in [-0.1, -0.05) is 20.3 Å². The number of nitrogens with zero attached hydrogens (tertiary/aromatic N) is 1. The average molecular weight is 254 g/mol. The highest BCUT2D eigenvalue weighted by molar-refractivity contribution is 5.84. The van der Waals surface area contributed by atoms with Crippen LogP contribution < -0.4 is 5.32 Å². The SMILES string of the molecule is CCCC1(C(=O)N2CC(O)(CC)C2)CCNCC1. The monoisotopic (exact) mass is 254 g/mol. The van der Waals surface area contributed by atoms with Crippen LogP contribution >= 0.6 is 0 Å². The number of rotatable bonds is 4. The lowest BCUT2D eigenvalue weighted by Gasteiger charge is -2.50. The number of carbonyl (C=O) groups is 1. The smallest absolute Gasteiger partial charge is 0.229 e. The summed E-state index contributed by atoms with van der Waals surface area (Å²) in [6.07, 6.45) is 4.66. The van der Waals surface area contributed by atoms with Crippen molar-refractivity contribution >= 4 is 5.91 Å². The van der Waals surface area contributed by atoms with Gasteiger partial charge in [0.15, 0.2) is 0 Å². The Kier molecular flexibility index (Phi) is 3.97. The van der Waals surface area contributed by atoms with Crippen LogP contribution in [-0.4, -0.2) is 47.7 Å². The van der Waals surface area contributed by atoms with Gasteiger partial charge >= 0.3 is 0 Å². The van der Waals surface area contributed by atoms with Crippen molar-refractivity contribution in [1.29, 1.82) is 0 Å². The normalized spacial score (nSPS) is 25.6. The van der Waals surface area contributed by atoms with Crippen molar-refractivity contribution < 1.29 is 9.90 Å². The topological polar surface area (TPSA) is 52.6 Å². The summed E-state index contributed by atoms with van der Waals surface area (Å²) >= 11 is 0. The molecule has 0 saturated carbocycles. The molecule has 2 fully saturated rings. The van der Waals surface area contributed by atoms with E-state index >= 15 is 0 Å². The van der Waals surface area contributed by atoms with Gasteiger partial charge in [0.2, 0.25) is 5.91 Å². The minimum absolute atomic E-state index is 0.158. The first-order chi connectivity index (χ1) is 8.55. The molecule has 0 atom stereocenters. The van der Waals surface area contributed by atoms with Gasteiger partial charge in [-0.3, -0.25) is 4.79 Å². The molecule has 0 aromatic carbocycles. The summed E-state index contributed by atoms with van der Waals surface area (Å²) < 4.78 is 0. The predicted molar refractivity (Wildman–Crippen MR) is 71.3 cm³/mol. The number of carbonyl (C=O) groups excluding carboxylic acids is 1. The maximum Gasteiger partial charge on any atom is 0.229 e. The Morgan fingerprint density at radius 2 is 1.89 bits per heavy atom. The van der Waals surface area contributed by atoms with E-state index in [0.717, 1.165) is 45.2 Å². The van der Waals surface area contributed by atoms with Crippen LogP contribution in [0.3, 0.4) is 0 Å². The molecular formula is C14H26N2O2. The van der Waals surface area contributed by atoms with E-state index in [4.69, 9.17) is 0 Å². The maximum atomic E-state index is 12.7. The quantitative estimate of drug-likeness (QED) is 0.791. The number of piperidine rings is 1.